The fourth-order valence-corrected chi connectivity index (χ4v) is 4.95. The number of carbonyl (C=O) groups excluding carboxylic acids is 4. The molecule has 10 nitrogen and oxygen atoms in total. The number of hydrogen-bond donors (Lipinski definition) is 3. The molecule has 2 fully saturated rings. The number of piperidine rings is 1. The van der Waals surface area contributed by atoms with E-state index in [1.807, 2.05) is 37.3 Å². The highest BCUT2D eigenvalue weighted by Gasteiger charge is 2.55. The maximum Gasteiger partial charge on any atom is 0.322 e. The number of para-hydroxylation sites is 1. The van der Waals surface area contributed by atoms with E-state index in [0.29, 0.717) is 24.5 Å². The lowest BCUT2D eigenvalue weighted by Gasteiger charge is -2.43. The molecule has 2 atom stereocenters. The van der Waals surface area contributed by atoms with Gasteiger partial charge >= 0.3 is 6.03 Å². The first-order chi connectivity index (χ1) is 17.7. The number of ether oxygens (including phenoxy) is 1. The van der Waals surface area contributed by atoms with Crippen LogP contribution < -0.4 is 20.7 Å². The summed E-state index contributed by atoms with van der Waals surface area (Å²) in [6, 6.07) is 15.1. The number of rotatable bonds is 5. The van der Waals surface area contributed by atoms with Gasteiger partial charge in [0.1, 0.15) is 17.9 Å². The van der Waals surface area contributed by atoms with Crippen molar-refractivity contribution in [1.82, 2.24) is 25.8 Å². The summed E-state index contributed by atoms with van der Waals surface area (Å²) in [5.41, 5.74) is 1.88. The fraction of sp³-hybridized carbons (Fsp3) is 0.296. The number of imide groups is 1. The lowest BCUT2D eigenvalue weighted by atomic mass is 9.82. The van der Waals surface area contributed by atoms with Crippen LogP contribution in [-0.2, 0) is 16.2 Å². The number of aryl methyl sites for hydroxylation is 1. The molecule has 5 amide bonds. The molecule has 3 N–H and O–H groups in total. The first kappa shape index (κ1) is 24.2. The van der Waals surface area contributed by atoms with Gasteiger partial charge in [-0.1, -0.05) is 18.2 Å². The Bertz CT molecular complexity index is 1410. The van der Waals surface area contributed by atoms with Crippen molar-refractivity contribution in [2.45, 2.75) is 38.5 Å². The van der Waals surface area contributed by atoms with Crippen LogP contribution in [0, 0.1) is 6.92 Å². The summed E-state index contributed by atoms with van der Waals surface area (Å²) < 4.78 is 5.98. The van der Waals surface area contributed by atoms with Crippen molar-refractivity contribution in [2.75, 3.05) is 13.1 Å². The van der Waals surface area contributed by atoms with Crippen LogP contribution in [0.2, 0.25) is 0 Å². The van der Waals surface area contributed by atoms with Gasteiger partial charge in [0, 0.05) is 42.2 Å². The number of nitrogens with zero attached hydrogens (tertiary/aromatic N) is 2. The van der Waals surface area contributed by atoms with Crippen molar-refractivity contribution < 1.29 is 23.9 Å². The molecule has 1 spiro atoms. The van der Waals surface area contributed by atoms with Gasteiger partial charge < -0.3 is 20.3 Å². The third-order valence-corrected chi connectivity index (χ3v) is 6.93. The highest BCUT2D eigenvalue weighted by atomic mass is 16.5. The summed E-state index contributed by atoms with van der Waals surface area (Å²) in [6.07, 6.45) is 0.199. The van der Waals surface area contributed by atoms with Crippen LogP contribution in [0.25, 0.3) is 10.9 Å². The standard InChI is InChI=1S/C27H27N5O5/c1-16-13-19(21-5-3-4-6-22(21)28-16)15-37-20-9-7-18(8-10-20)24(34)29-23-14-32(17(2)33)12-11-27(23)25(35)30-26(36)31-27/h3-10,13,23H,11-12,14-15H2,1-2H3,(H,29,34)(H2,30,31,35,36)/t23-,27+/m0/s1. The second-order valence-electron chi connectivity index (χ2n) is 9.37. The topological polar surface area (TPSA) is 130 Å². The largest absolute Gasteiger partial charge is 0.489 e. The highest BCUT2D eigenvalue weighted by molar-refractivity contribution is 6.08. The highest BCUT2D eigenvalue weighted by Crippen LogP contribution is 2.27. The maximum atomic E-state index is 13.1. The normalized spacial score (nSPS) is 21.0. The summed E-state index contributed by atoms with van der Waals surface area (Å²) >= 11 is 0. The SMILES string of the molecule is CC(=O)N1CC[C@@]2(NC(=O)NC2=O)[C@@H](NC(=O)c2ccc(OCc3cc(C)nc4ccccc34)cc2)C1. The Morgan fingerprint density at radius 3 is 2.62 bits per heavy atom. The molecule has 2 aliphatic rings. The zero-order valence-corrected chi connectivity index (χ0v) is 20.5. The average molecular weight is 502 g/mol. The van der Waals surface area contributed by atoms with Gasteiger partial charge in [-0.2, -0.15) is 0 Å². The van der Waals surface area contributed by atoms with E-state index < -0.39 is 29.4 Å². The van der Waals surface area contributed by atoms with Gasteiger partial charge in [-0.25, -0.2) is 4.79 Å². The molecule has 190 valence electrons. The van der Waals surface area contributed by atoms with Gasteiger partial charge in [-0.05, 0) is 49.7 Å². The van der Waals surface area contributed by atoms with E-state index in [2.05, 4.69) is 20.9 Å². The minimum atomic E-state index is -1.30. The Morgan fingerprint density at radius 2 is 1.92 bits per heavy atom. The molecule has 1 aromatic heterocycles. The number of hydrogen-bond acceptors (Lipinski definition) is 6. The van der Waals surface area contributed by atoms with Crippen LogP contribution in [-0.4, -0.2) is 58.3 Å². The van der Waals surface area contributed by atoms with Crippen LogP contribution in [0.1, 0.15) is 35.0 Å². The minimum Gasteiger partial charge on any atom is -0.489 e. The van der Waals surface area contributed by atoms with E-state index in [1.165, 1.54) is 6.92 Å². The first-order valence-electron chi connectivity index (χ1n) is 12.0. The molecule has 2 aliphatic heterocycles. The summed E-state index contributed by atoms with van der Waals surface area (Å²) in [6.45, 7) is 4.12. The van der Waals surface area contributed by atoms with Crippen LogP contribution in [0.15, 0.2) is 54.6 Å². The summed E-state index contributed by atoms with van der Waals surface area (Å²) in [7, 11) is 0. The second kappa shape index (κ2) is 9.53. The molecule has 0 radical (unpaired) electrons. The van der Waals surface area contributed by atoms with Crippen molar-refractivity contribution in [3.05, 3.63) is 71.4 Å². The number of carbonyl (C=O) groups is 4. The van der Waals surface area contributed by atoms with Crippen molar-refractivity contribution in [2.24, 2.45) is 0 Å². The third-order valence-electron chi connectivity index (χ3n) is 6.93. The molecule has 0 aliphatic carbocycles. The molecular formula is C27H27N5O5. The summed E-state index contributed by atoms with van der Waals surface area (Å²) in [5, 5.41) is 8.79. The summed E-state index contributed by atoms with van der Waals surface area (Å²) in [4.78, 5) is 55.7. The van der Waals surface area contributed by atoms with Crippen molar-refractivity contribution in [3.63, 3.8) is 0 Å². The Hall–Kier alpha value is -4.47. The first-order valence-corrected chi connectivity index (χ1v) is 12.0. The zero-order valence-electron chi connectivity index (χ0n) is 20.5. The number of pyridine rings is 1. The minimum absolute atomic E-state index is 0.106. The lowest BCUT2D eigenvalue weighted by molar-refractivity contribution is -0.135. The molecule has 37 heavy (non-hydrogen) atoms. The number of benzene rings is 2. The monoisotopic (exact) mass is 501 g/mol. The molecule has 3 heterocycles. The van der Waals surface area contributed by atoms with Crippen molar-refractivity contribution >= 4 is 34.7 Å². The molecule has 2 aromatic carbocycles. The number of fused-ring (bicyclic) bond motifs is 1. The van der Waals surface area contributed by atoms with Crippen LogP contribution >= 0.6 is 0 Å². The van der Waals surface area contributed by atoms with E-state index in [4.69, 9.17) is 4.74 Å². The van der Waals surface area contributed by atoms with E-state index in [0.717, 1.165) is 22.2 Å². The second-order valence-corrected chi connectivity index (χ2v) is 9.37. The maximum absolute atomic E-state index is 13.1. The molecule has 0 unspecified atom stereocenters. The molecule has 3 aromatic rings. The van der Waals surface area contributed by atoms with Gasteiger partial charge in [0.25, 0.3) is 11.8 Å². The van der Waals surface area contributed by atoms with E-state index in [1.54, 1.807) is 29.2 Å². The van der Waals surface area contributed by atoms with E-state index in [-0.39, 0.29) is 18.9 Å². The van der Waals surface area contributed by atoms with Crippen LogP contribution in [0.4, 0.5) is 4.79 Å². The fourth-order valence-electron chi connectivity index (χ4n) is 4.95. The number of nitrogens with one attached hydrogen (secondary N) is 3. The van der Waals surface area contributed by atoms with Gasteiger partial charge in [-0.15, -0.1) is 0 Å². The quantitative estimate of drug-likeness (QED) is 0.459. The van der Waals surface area contributed by atoms with E-state index in [9.17, 15) is 19.2 Å². The number of likely N-dealkylation sites (tertiary alicyclic amines) is 1. The van der Waals surface area contributed by atoms with Gasteiger partial charge in [0.15, 0.2) is 0 Å². The molecule has 0 saturated carbocycles. The third kappa shape index (κ3) is 4.69. The molecule has 0 bridgehead atoms. The van der Waals surface area contributed by atoms with E-state index >= 15 is 0 Å². The zero-order chi connectivity index (χ0) is 26.2. The molecule has 2 saturated heterocycles. The molecule has 5 rings (SSSR count). The van der Waals surface area contributed by atoms with Crippen LogP contribution in [0.3, 0.4) is 0 Å². The predicted molar refractivity (Wildman–Crippen MR) is 135 cm³/mol. The van der Waals surface area contributed by atoms with Gasteiger partial charge in [0.2, 0.25) is 5.91 Å². The smallest absolute Gasteiger partial charge is 0.322 e. The molecule has 10 heteroatoms. The Morgan fingerprint density at radius 1 is 1.16 bits per heavy atom. The Labute approximate surface area is 213 Å². The average Bonchev–Trinajstić information content (AvgIpc) is 3.16. The predicted octanol–water partition coefficient (Wildman–Crippen LogP) is 2.05. The Balaban J connectivity index is 1.29. The van der Waals surface area contributed by atoms with Crippen LogP contribution in [0.5, 0.6) is 5.75 Å². The van der Waals surface area contributed by atoms with Crippen molar-refractivity contribution in [3.8, 4) is 5.75 Å². The summed E-state index contributed by atoms with van der Waals surface area (Å²) in [5.74, 6) is -0.508. The number of urea groups is 1. The number of amides is 5. The molecular weight excluding hydrogens is 474 g/mol. The van der Waals surface area contributed by atoms with Gasteiger partial charge in [0.05, 0.1) is 11.6 Å². The number of aromatic nitrogens is 1. The Kier molecular flexibility index (Phi) is 6.24. The van der Waals surface area contributed by atoms with Crippen molar-refractivity contribution in [1.29, 1.82) is 0 Å². The lowest BCUT2D eigenvalue weighted by Crippen LogP contribution is -2.70. The van der Waals surface area contributed by atoms with Gasteiger partial charge in [-0.3, -0.25) is 24.7 Å².